The fourth-order valence-corrected chi connectivity index (χ4v) is 1.93. The van der Waals surface area contributed by atoms with Crippen LogP contribution < -0.4 is 0 Å². The summed E-state index contributed by atoms with van der Waals surface area (Å²) in [6.45, 7) is 9.23. The van der Waals surface area contributed by atoms with E-state index < -0.39 is 11.4 Å². The summed E-state index contributed by atoms with van der Waals surface area (Å²) >= 11 is 0. The van der Waals surface area contributed by atoms with Crippen molar-refractivity contribution in [2.45, 2.75) is 40.5 Å². The van der Waals surface area contributed by atoms with Crippen molar-refractivity contribution in [3.8, 4) is 0 Å². The van der Waals surface area contributed by atoms with E-state index in [9.17, 15) is 9.59 Å². The number of rotatable bonds is 4. The number of carbonyl (C=O) groups excluding carboxylic acids is 2. The average molecular weight is 262 g/mol. The standard InChI is InChI=1S/C16H22O3/c1-10(2)12-8-7-11(3)13(9-12)14(17)16(4,5)15(18)19-6/h7-10H,1-6H3. The van der Waals surface area contributed by atoms with Crippen LogP contribution in [-0.4, -0.2) is 18.9 Å². The van der Waals surface area contributed by atoms with E-state index in [2.05, 4.69) is 13.8 Å². The van der Waals surface area contributed by atoms with Gasteiger partial charge in [0.05, 0.1) is 7.11 Å². The topological polar surface area (TPSA) is 43.4 Å². The van der Waals surface area contributed by atoms with Crippen LogP contribution in [0.3, 0.4) is 0 Å². The number of benzene rings is 1. The molecule has 0 atom stereocenters. The number of esters is 1. The third-order valence-electron chi connectivity index (χ3n) is 3.44. The van der Waals surface area contributed by atoms with E-state index in [-0.39, 0.29) is 5.78 Å². The first-order chi connectivity index (χ1) is 8.71. The highest BCUT2D eigenvalue weighted by Gasteiger charge is 2.38. The molecule has 1 aromatic rings. The van der Waals surface area contributed by atoms with E-state index >= 15 is 0 Å². The molecule has 3 heteroatoms. The lowest BCUT2D eigenvalue weighted by atomic mass is 9.82. The molecule has 0 amide bonds. The largest absolute Gasteiger partial charge is 0.468 e. The third kappa shape index (κ3) is 3.03. The highest BCUT2D eigenvalue weighted by atomic mass is 16.5. The van der Waals surface area contributed by atoms with Crippen LogP contribution >= 0.6 is 0 Å². The summed E-state index contributed by atoms with van der Waals surface area (Å²) in [6.07, 6.45) is 0. The average Bonchev–Trinajstić information content (AvgIpc) is 2.36. The van der Waals surface area contributed by atoms with Crippen molar-refractivity contribution >= 4 is 11.8 Å². The molecule has 19 heavy (non-hydrogen) atoms. The molecule has 104 valence electrons. The fraction of sp³-hybridized carbons (Fsp3) is 0.500. The summed E-state index contributed by atoms with van der Waals surface area (Å²) in [7, 11) is 1.30. The quantitative estimate of drug-likeness (QED) is 0.474. The molecule has 1 rings (SSSR count). The molecule has 0 saturated carbocycles. The summed E-state index contributed by atoms with van der Waals surface area (Å²) in [5, 5.41) is 0. The van der Waals surface area contributed by atoms with E-state index in [1.165, 1.54) is 7.11 Å². The predicted octanol–water partition coefficient (Wildman–Crippen LogP) is 3.50. The third-order valence-corrected chi connectivity index (χ3v) is 3.44. The molecular formula is C16H22O3. The first-order valence-electron chi connectivity index (χ1n) is 6.45. The number of Topliss-reactive ketones (excluding diaryl/α,β-unsaturated/α-hetero) is 1. The summed E-state index contributed by atoms with van der Waals surface area (Å²) < 4.78 is 4.72. The molecule has 0 saturated heterocycles. The van der Waals surface area contributed by atoms with Crippen molar-refractivity contribution in [2.75, 3.05) is 7.11 Å². The fourth-order valence-electron chi connectivity index (χ4n) is 1.93. The molecule has 0 heterocycles. The molecule has 1 aromatic carbocycles. The summed E-state index contributed by atoms with van der Waals surface area (Å²) in [5.41, 5.74) is 1.41. The van der Waals surface area contributed by atoms with Crippen molar-refractivity contribution in [1.29, 1.82) is 0 Å². The highest BCUT2D eigenvalue weighted by Crippen LogP contribution is 2.27. The van der Waals surface area contributed by atoms with Gasteiger partial charge in [0, 0.05) is 5.56 Å². The van der Waals surface area contributed by atoms with E-state index in [1.807, 2.05) is 25.1 Å². The van der Waals surface area contributed by atoms with Gasteiger partial charge in [-0.15, -0.1) is 0 Å². The second kappa shape index (κ2) is 5.55. The molecule has 0 aromatic heterocycles. The monoisotopic (exact) mass is 262 g/mol. The maximum Gasteiger partial charge on any atom is 0.319 e. The van der Waals surface area contributed by atoms with Gasteiger partial charge in [-0.25, -0.2) is 0 Å². The molecular weight excluding hydrogens is 240 g/mol. The van der Waals surface area contributed by atoms with Crippen LogP contribution in [0.5, 0.6) is 0 Å². The molecule has 0 N–H and O–H groups in total. The van der Waals surface area contributed by atoms with Gasteiger partial charge in [-0.1, -0.05) is 26.0 Å². The zero-order valence-electron chi connectivity index (χ0n) is 12.5. The SMILES string of the molecule is COC(=O)C(C)(C)C(=O)c1cc(C(C)C)ccc1C. The number of ether oxygens (including phenoxy) is 1. The summed E-state index contributed by atoms with van der Waals surface area (Å²) in [5.74, 6) is -0.361. The Kier molecular flexibility index (Phi) is 4.51. The molecule has 0 spiro atoms. The minimum Gasteiger partial charge on any atom is -0.468 e. The van der Waals surface area contributed by atoms with Crippen molar-refractivity contribution in [1.82, 2.24) is 0 Å². The maximum absolute atomic E-state index is 12.6. The molecule has 0 aliphatic carbocycles. The number of carbonyl (C=O) groups is 2. The highest BCUT2D eigenvalue weighted by molar-refractivity contribution is 6.12. The van der Waals surface area contributed by atoms with Gasteiger partial charge in [-0.05, 0) is 43.9 Å². The molecule has 0 radical (unpaired) electrons. The summed E-state index contributed by atoms with van der Waals surface area (Å²) in [6, 6.07) is 5.82. The van der Waals surface area contributed by atoms with Gasteiger partial charge in [0.25, 0.3) is 0 Å². The smallest absolute Gasteiger partial charge is 0.319 e. The Hall–Kier alpha value is -1.64. The van der Waals surface area contributed by atoms with Gasteiger partial charge in [0.2, 0.25) is 0 Å². The van der Waals surface area contributed by atoms with Crippen molar-refractivity contribution in [3.63, 3.8) is 0 Å². The Morgan fingerprint density at radius 3 is 2.26 bits per heavy atom. The van der Waals surface area contributed by atoms with Crippen LogP contribution in [0, 0.1) is 12.3 Å². The number of ketones is 1. The number of aryl methyl sites for hydroxylation is 1. The van der Waals surface area contributed by atoms with Crippen LogP contribution in [0.4, 0.5) is 0 Å². The van der Waals surface area contributed by atoms with Gasteiger partial charge in [0.1, 0.15) is 5.41 Å². The van der Waals surface area contributed by atoms with E-state index in [0.29, 0.717) is 11.5 Å². The van der Waals surface area contributed by atoms with Crippen molar-refractivity contribution < 1.29 is 14.3 Å². The zero-order valence-corrected chi connectivity index (χ0v) is 12.5. The molecule has 0 bridgehead atoms. The van der Waals surface area contributed by atoms with Crippen LogP contribution in [0.15, 0.2) is 18.2 Å². The minimum atomic E-state index is -1.16. The van der Waals surface area contributed by atoms with E-state index in [1.54, 1.807) is 13.8 Å². The molecule has 0 aliphatic rings. The minimum absolute atomic E-state index is 0.195. The van der Waals surface area contributed by atoms with Crippen molar-refractivity contribution in [2.24, 2.45) is 5.41 Å². The molecule has 0 aliphatic heterocycles. The lowest BCUT2D eigenvalue weighted by Crippen LogP contribution is -2.35. The van der Waals surface area contributed by atoms with E-state index in [4.69, 9.17) is 4.74 Å². The van der Waals surface area contributed by atoms with Crippen LogP contribution in [0.2, 0.25) is 0 Å². The normalized spacial score (nSPS) is 11.5. The maximum atomic E-state index is 12.6. The number of methoxy groups -OCH3 is 1. The first-order valence-corrected chi connectivity index (χ1v) is 6.45. The Labute approximate surface area is 115 Å². The van der Waals surface area contributed by atoms with Crippen molar-refractivity contribution in [3.05, 3.63) is 34.9 Å². The molecule has 0 unspecified atom stereocenters. The van der Waals surface area contributed by atoms with E-state index in [0.717, 1.165) is 11.1 Å². The van der Waals surface area contributed by atoms with Gasteiger partial charge >= 0.3 is 5.97 Å². The number of hydrogen-bond donors (Lipinski definition) is 0. The van der Waals surface area contributed by atoms with Crippen LogP contribution in [-0.2, 0) is 9.53 Å². The predicted molar refractivity (Wildman–Crippen MR) is 75.4 cm³/mol. The Balaban J connectivity index is 3.26. The zero-order chi connectivity index (χ0) is 14.8. The van der Waals surface area contributed by atoms with Gasteiger partial charge in [0.15, 0.2) is 5.78 Å². The number of hydrogen-bond acceptors (Lipinski definition) is 3. The Morgan fingerprint density at radius 1 is 1.21 bits per heavy atom. The molecule has 0 fully saturated rings. The van der Waals surface area contributed by atoms with Gasteiger partial charge in [-0.2, -0.15) is 0 Å². The summed E-state index contributed by atoms with van der Waals surface area (Å²) in [4.78, 5) is 24.3. The lowest BCUT2D eigenvalue weighted by molar-refractivity contribution is -0.147. The van der Waals surface area contributed by atoms with Crippen LogP contribution in [0.25, 0.3) is 0 Å². The molecule has 3 nitrogen and oxygen atoms in total. The van der Waals surface area contributed by atoms with Gasteiger partial charge < -0.3 is 4.74 Å². The Bertz CT molecular complexity index is 499. The van der Waals surface area contributed by atoms with Gasteiger partial charge in [-0.3, -0.25) is 9.59 Å². The second-order valence-corrected chi connectivity index (χ2v) is 5.67. The second-order valence-electron chi connectivity index (χ2n) is 5.67. The van der Waals surface area contributed by atoms with Crippen LogP contribution in [0.1, 0.15) is 55.1 Å². The lowest BCUT2D eigenvalue weighted by Gasteiger charge is -2.21. The Morgan fingerprint density at radius 2 is 1.79 bits per heavy atom. The first kappa shape index (κ1) is 15.4.